The quantitative estimate of drug-likeness (QED) is 0.645. The monoisotopic (exact) mass is 225 g/mol. The van der Waals surface area contributed by atoms with Gasteiger partial charge in [-0.05, 0) is 34.0 Å². The molecule has 0 spiro atoms. The summed E-state index contributed by atoms with van der Waals surface area (Å²) in [5.41, 5.74) is 3.79. The summed E-state index contributed by atoms with van der Waals surface area (Å²) in [5.74, 6) is 0. The number of nitrogens with zero attached hydrogens (tertiary/aromatic N) is 1. The average Bonchev–Trinajstić information content (AvgIpc) is 2.82. The first-order chi connectivity index (χ1) is 7.93. The van der Waals surface area contributed by atoms with Crippen molar-refractivity contribution in [1.82, 2.24) is 4.98 Å². The molecule has 2 aromatic heterocycles. The summed E-state index contributed by atoms with van der Waals surface area (Å²) in [5, 5.41) is 5.53. The number of benzene rings is 1. The molecule has 2 heteroatoms. The van der Waals surface area contributed by atoms with Crippen molar-refractivity contribution < 1.29 is 0 Å². The van der Waals surface area contributed by atoms with E-state index in [2.05, 4.69) is 46.1 Å². The summed E-state index contributed by atoms with van der Waals surface area (Å²) in [7, 11) is 0. The Morgan fingerprint density at radius 2 is 2.00 bits per heavy atom. The molecule has 78 valence electrons. The zero-order valence-corrected chi connectivity index (χ0v) is 9.58. The van der Waals surface area contributed by atoms with Crippen molar-refractivity contribution in [2.24, 2.45) is 0 Å². The van der Waals surface area contributed by atoms with Crippen molar-refractivity contribution in [2.75, 3.05) is 0 Å². The van der Waals surface area contributed by atoms with Gasteiger partial charge in [0.15, 0.2) is 0 Å². The molecule has 0 saturated carbocycles. The van der Waals surface area contributed by atoms with Gasteiger partial charge >= 0.3 is 0 Å². The summed E-state index contributed by atoms with van der Waals surface area (Å²) in [6, 6.07) is 12.6. The Balaban J connectivity index is 2.10. The average molecular weight is 225 g/mol. The minimum atomic E-state index is 0.970. The van der Waals surface area contributed by atoms with Crippen molar-refractivity contribution in [3.63, 3.8) is 0 Å². The molecular weight excluding hydrogens is 214 g/mol. The van der Waals surface area contributed by atoms with E-state index < -0.39 is 0 Å². The van der Waals surface area contributed by atoms with Gasteiger partial charge in [0, 0.05) is 18.0 Å². The Labute approximate surface area is 98.4 Å². The maximum absolute atomic E-state index is 4.47. The van der Waals surface area contributed by atoms with E-state index in [-0.39, 0.29) is 0 Å². The fourth-order valence-corrected chi connectivity index (χ4v) is 2.59. The van der Waals surface area contributed by atoms with E-state index >= 15 is 0 Å². The third-order valence-electron chi connectivity index (χ3n) is 2.69. The second kappa shape index (κ2) is 4.06. The predicted octanol–water partition coefficient (Wildman–Crippen LogP) is 3.89. The van der Waals surface area contributed by atoms with Crippen LogP contribution in [0.2, 0.25) is 0 Å². The lowest BCUT2D eigenvalue weighted by Crippen LogP contribution is -1.89. The van der Waals surface area contributed by atoms with Crippen LogP contribution in [0.4, 0.5) is 0 Å². The number of fused-ring (bicyclic) bond motifs is 1. The Morgan fingerprint density at radius 1 is 1.06 bits per heavy atom. The molecule has 0 aliphatic carbocycles. The highest BCUT2D eigenvalue weighted by Crippen LogP contribution is 2.20. The molecule has 0 bridgehead atoms. The van der Waals surface area contributed by atoms with Gasteiger partial charge in [0.1, 0.15) is 0 Å². The van der Waals surface area contributed by atoms with Crippen LogP contribution in [-0.4, -0.2) is 4.98 Å². The molecule has 0 saturated heterocycles. The molecule has 1 aromatic carbocycles. The van der Waals surface area contributed by atoms with Gasteiger partial charge in [-0.1, -0.05) is 24.3 Å². The number of para-hydroxylation sites is 1. The first-order valence-electron chi connectivity index (χ1n) is 5.27. The van der Waals surface area contributed by atoms with Gasteiger partial charge in [-0.2, -0.15) is 11.3 Å². The molecule has 3 rings (SSSR count). The Morgan fingerprint density at radius 3 is 2.88 bits per heavy atom. The van der Waals surface area contributed by atoms with Crippen molar-refractivity contribution in [3.8, 4) is 0 Å². The van der Waals surface area contributed by atoms with E-state index in [1.54, 1.807) is 11.3 Å². The Kier molecular flexibility index (Phi) is 2.43. The van der Waals surface area contributed by atoms with Crippen LogP contribution < -0.4 is 0 Å². The summed E-state index contributed by atoms with van der Waals surface area (Å²) < 4.78 is 0. The summed E-state index contributed by atoms with van der Waals surface area (Å²) in [6.07, 6.45) is 2.83. The molecular formula is C14H11NS. The smallest absolute Gasteiger partial charge is 0.0737 e. The number of thiophene rings is 1. The molecule has 0 fully saturated rings. The molecule has 0 amide bonds. The van der Waals surface area contributed by atoms with Gasteiger partial charge in [-0.3, -0.25) is 4.98 Å². The SMILES string of the molecule is c1cnc2c(Cc3ccsc3)cccc2c1. The van der Waals surface area contributed by atoms with Crippen LogP contribution in [0.15, 0.2) is 53.4 Å². The van der Waals surface area contributed by atoms with Crippen LogP contribution in [0.3, 0.4) is 0 Å². The van der Waals surface area contributed by atoms with Gasteiger partial charge in [0.05, 0.1) is 5.52 Å². The summed E-state index contributed by atoms with van der Waals surface area (Å²) in [4.78, 5) is 4.47. The first-order valence-corrected chi connectivity index (χ1v) is 6.21. The van der Waals surface area contributed by atoms with Crippen LogP contribution in [0.5, 0.6) is 0 Å². The Bertz CT molecular complexity index is 594. The van der Waals surface area contributed by atoms with Crippen LogP contribution >= 0.6 is 11.3 Å². The van der Waals surface area contributed by atoms with E-state index in [4.69, 9.17) is 0 Å². The highest BCUT2D eigenvalue weighted by molar-refractivity contribution is 7.07. The number of pyridine rings is 1. The predicted molar refractivity (Wildman–Crippen MR) is 68.9 cm³/mol. The molecule has 3 aromatic rings. The fourth-order valence-electron chi connectivity index (χ4n) is 1.92. The van der Waals surface area contributed by atoms with E-state index in [0.29, 0.717) is 0 Å². The lowest BCUT2D eigenvalue weighted by molar-refractivity contribution is 1.21. The highest BCUT2D eigenvalue weighted by atomic mass is 32.1. The zero-order chi connectivity index (χ0) is 10.8. The van der Waals surface area contributed by atoms with Gasteiger partial charge in [-0.25, -0.2) is 0 Å². The van der Waals surface area contributed by atoms with Crippen LogP contribution in [0.1, 0.15) is 11.1 Å². The number of hydrogen-bond donors (Lipinski definition) is 0. The van der Waals surface area contributed by atoms with E-state index in [0.717, 1.165) is 11.9 Å². The molecule has 0 radical (unpaired) electrons. The standard InChI is InChI=1S/C14H11NS/c1-3-12-5-2-7-15-14(12)13(4-1)9-11-6-8-16-10-11/h1-8,10H,9H2. The highest BCUT2D eigenvalue weighted by Gasteiger charge is 2.02. The maximum atomic E-state index is 4.47. The molecule has 2 heterocycles. The van der Waals surface area contributed by atoms with Gasteiger partial charge in [-0.15, -0.1) is 0 Å². The van der Waals surface area contributed by atoms with Crippen LogP contribution in [-0.2, 0) is 6.42 Å². The van der Waals surface area contributed by atoms with Crippen LogP contribution in [0.25, 0.3) is 10.9 Å². The maximum Gasteiger partial charge on any atom is 0.0737 e. The third kappa shape index (κ3) is 1.72. The second-order valence-corrected chi connectivity index (χ2v) is 4.58. The number of rotatable bonds is 2. The summed E-state index contributed by atoms with van der Waals surface area (Å²) >= 11 is 1.74. The lowest BCUT2D eigenvalue weighted by atomic mass is 10.0. The van der Waals surface area contributed by atoms with E-state index in [1.165, 1.54) is 16.5 Å². The van der Waals surface area contributed by atoms with Gasteiger partial charge in [0.2, 0.25) is 0 Å². The number of aromatic nitrogens is 1. The second-order valence-electron chi connectivity index (χ2n) is 3.80. The van der Waals surface area contributed by atoms with E-state index in [1.807, 2.05) is 12.3 Å². The zero-order valence-electron chi connectivity index (χ0n) is 8.76. The third-order valence-corrected chi connectivity index (χ3v) is 3.42. The van der Waals surface area contributed by atoms with Gasteiger partial charge < -0.3 is 0 Å². The lowest BCUT2D eigenvalue weighted by Gasteiger charge is -2.03. The normalized spacial score (nSPS) is 10.8. The summed E-state index contributed by atoms with van der Waals surface area (Å²) in [6.45, 7) is 0. The van der Waals surface area contributed by atoms with Crippen LogP contribution in [0, 0.1) is 0 Å². The molecule has 0 N–H and O–H groups in total. The molecule has 0 unspecified atom stereocenters. The first kappa shape index (κ1) is 9.55. The molecule has 16 heavy (non-hydrogen) atoms. The van der Waals surface area contributed by atoms with Gasteiger partial charge in [0.25, 0.3) is 0 Å². The topological polar surface area (TPSA) is 12.9 Å². The minimum Gasteiger partial charge on any atom is -0.256 e. The Hall–Kier alpha value is -1.67. The minimum absolute atomic E-state index is 0.970. The van der Waals surface area contributed by atoms with Crippen molar-refractivity contribution >= 4 is 22.2 Å². The van der Waals surface area contributed by atoms with Crippen molar-refractivity contribution in [1.29, 1.82) is 0 Å². The fraction of sp³-hybridized carbons (Fsp3) is 0.0714. The molecule has 1 nitrogen and oxygen atoms in total. The van der Waals surface area contributed by atoms with Crippen molar-refractivity contribution in [3.05, 3.63) is 64.5 Å². The molecule has 0 atom stereocenters. The van der Waals surface area contributed by atoms with E-state index in [9.17, 15) is 0 Å². The van der Waals surface area contributed by atoms with Crippen molar-refractivity contribution in [2.45, 2.75) is 6.42 Å². The largest absolute Gasteiger partial charge is 0.256 e. The number of hydrogen-bond acceptors (Lipinski definition) is 2. The molecule has 0 aliphatic rings. The molecule has 0 aliphatic heterocycles.